The standard InChI is InChI=1S/C25H26F9N5O3/c1-13-12-35-22(37-20(13)38(2)3)36-17-4-6-18(7-5-17)39(42-21(41)25(32,33)34)19(40)10-14-8-15(23(26,27)28)11-16(9-14)24(29,30)31/h8-9,11-12,17-18H,4-7,10H2,1-3H3,(H,35,36,37). The van der Waals surface area contributed by atoms with Crippen molar-refractivity contribution in [3.05, 3.63) is 46.6 Å². The summed E-state index contributed by atoms with van der Waals surface area (Å²) in [6.45, 7) is 1.81. The molecule has 17 heteroatoms. The van der Waals surface area contributed by atoms with Crippen molar-refractivity contribution in [2.24, 2.45) is 0 Å². The summed E-state index contributed by atoms with van der Waals surface area (Å²) in [6.07, 6.45) is -15.1. The molecule has 1 saturated carbocycles. The summed E-state index contributed by atoms with van der Waals surface area (Å²) < 4.78 is 118. The van der Waals surface area contributed by atoms with Crippen LogP contribution in [0, 0.1) is 6.92 Å². The maximum Gasteiger partial charge on any atom is 0.493 e. The molecule has 1 aliphatic carbocycles. The summed E-state index contributed by atoms with van der Waals surface area (Å²) >= 11 is 0. The van der Waals surface area contributed by atoms with Crippen LogP contribution in [0.5, 0.6) is 0 Å². The second kappa shape index (κ2) is 12.2. The Morgan fingerprint density at radius 1 is 0.929 bits per heavy atom. The van der Waals surface area contributed by atoms with E-state index in [-0.39, 0.29) is 60.9 Å². The highest BCUT2D eigenvalue weighted by molar-refractivity contribution is 5.82. The van der Waals surface area contributed by atoms with Crippen molar-refractivity contribution in [1.29, 1.82) is 0 Å². The molecule has 0 spiro atoms. The zero-order valence-corrected chi connectivity index (χ0v) is 22.4. The van der Waals surface area contributed by atoms with E-state index < -0.39 is 59.6 Å². The van der Waals surface area contributed by atoms with Crippen LogP contribution >= 0.6 is 0 Å². The van der Waals surface area contributed by atoms with Gasteiger partial charge in [0.2, 0.25) is 5.95 Å². The van der Waals surface area contributed by atoms with Gasteiger partial charge >= 0.3 is 24.5 Å². The molecule has 8 nitrogen and oxygen atoms in total. The van der Waals surface area contributed by atoms with E-state index >= 15 is 0 Å². The first-order chi connectivity index (χ1) is 19.3. The number of hydrogen-bond donors (Lipinski definition) is 1. The predicted molar refractivity (Wildman–Crippen MR) is 130 cm³/mol. The van der Waals surface area contributed by atoms with Gasteiger partial charge in [-0.25, -0.2) is 9.78 Å². The number of benzene rings is 1. The number of nitrogens with zero attached hydrogens (tertiary/aromatic N) is 4. The molecule has 1 aromatic heterocycles. The summed E-state index contributed by atoms with van der Waals surface area (Å²) in [5.74, 6) is -3.27. The quantitative estimate of drug-likeness (QED) is 0.330. The Balaban J connectivity index is 1.81. The Hall–Kier alpha value is -3.79. The zero-order chi connectivity index (χ0) is 31.6. The number of rotatable bonds is 6. The largest absolute Gasteiger partial charge is 0.493 e. The lowest BCUT2D eigenvalue weighted by Crippen LogP contribution is -2.47. The van der Waals surface area contributed by atoms with Crippen LogP contribution in [0.4, 0.5) is 51.3 Å². The monoisotopic (exact) mass is 615 g/mol. The number of carbonyl (C=O) groups is 2. The lowest BCUT2D eigenvalue weighted by Gasteiger charge is -2.35. The van der Waals surface area contributed by atoms with Crippen molar-refractivity contribution in [2.45, 2.75) is 69.6 Å². The minimum atomic E-state index is -5.52. The van der Waals surface area contributed by atoms with Crippen LogP contribution in [0.2, 0.25) is 0 Å². The molecule has 0 bridgehead atoms. The van der Waals surface area contributed by atoms with Crippen molar-refractivity contribution >= 4 is 23.6 Å². The number of aryl methyl sites for hydroxylation is 1. The summed E-state index contributed by atoms with van der Waals surface area (Å²) in [5, 5.41) is 3.19. The van der Waals surface area contributed by atoms with E-state index in [0.29, 0.717) is 5.82 Å². The number of hydrogen-bond acceptors (Lipinski definition) is 7. The molecule has 0 radical (unpaired) electrons. The van der Waals surface area contributed by atoms with E-state index in [0.717, 1.165) is 5.56 Å². The van der Waals surface area contributed by atoms with Gasteiger partial charge in [-0.1, -0.05) is 0 Å². The molecule has 0 saturated heterocycles. The highest BCUT2D eigenvalue weighted by Gasteiger charge is 2.45. The van der Waals surface area contributed by atoms with Crippen molar-refractivity contribution in [1.82, 2.24) is 15.0 Å². The highest BCUT2D eigenvalue weighted by atomic mass is 19.4. The Labute approximate surface area is 233 Å². The number of alkyl halides is 9. The highest BCUT2D eigenvalue weighted by Crippen LogP contribution is 2.37. The van der Waals surface area contributed by atoms with Crippen LogP contribution < -0.4 is 10.2 Å². The minimum Gasteiger partial charge on any atom is -0.362 e. The number of aromatic nitrogens is 2. The smallest absolute Gasteiger partial charge is 0.362 e. The van der Waals surface area contributed by atoms with Gasteiger partial charge in [0.1, 0.15) is 5.82 Å². The number of amides is 1. The molecule has 0 atom stereocenters. The second-order valence-electron chi connectivity index (χ2n) is 9.93. The van der Waals surface area contributed by atoms with Crippen LogP contribution in [0.25, 0.3) is 0 Å². The predicted octanol–water partition coefficient (Wildman–Crippen LogP) is 5.70. The molecule has 1 heterocycles. The molecule has 2 aromatic rings. The number of hydroxylamine groups is 2. The van der Waals surface area contributed by atoms with E-state index in [1.807, 2.05) is 6.92 Å². The summed E-state index contributed by atoms with van der Waals surface area (Å²) in [7, 11) is 3.56. The number of carbonyl (C=O) groups excluding carboxylic acids is 2. The first kappa shape index (κ1) is 32.7. The zero-order valence-electron chi connectivity index (χ0n) is 22.4. The molecule has 0 unspecified atom stereocenters. The summed E-state index contributed by atoms with van der Waals surface area (Å²) in [4.78, 5) is 39.2. The summed E-state index contributed by atoms with van der Waals surface area (Å²) in [5.41, 5.74) is -3.39. The lowest BCUT2D eigenvalue weighted by atomic mass is 9.90. The van der Waals surface area contributed by atoms with Crippen molar-refractivity contribution < 1.29 is 53.9 Å². The van der Waals surface area contributed by atoms with E-state index in [9.17, 15) is 49.1 Å². The molecule has 1 aromatic carbocycles. The lowest BCUT2D eigenvalue weighted by molar-refractivity contribution is -0.245. The topological polar surface area (TPSA) is 87.7 Å². The van der Waals surface area contributed by atoms with Gasteiger partial charge in [-0.3, -0.25) is 4.79 Å². The molecule has 42 heavy (non-hydrogen) atoms. The SMILES string of the molecule is Cc1cnc(NC2CCC(N(OC(=O)C(F)(F)F)C(=O)Cc3cc(C(F)(F)F)cc(C(F)(F)F)c3)CC2)nc1N(C)C. The third-order valence-electron chi connectivity index (χ3n) is 6.39. The van der Waals surface area contributed by atoms with Crippen LogP contribution in [-0.2, 0) is 33.2 Å². The molecule has 1 fully saturated rings. The maximum absolute atomic E-state index is 13.2. The fourth-order valence-electron chi connectivity index (χ4n) is 4.44. The Morgan fingerprint density at radius 3 is 1.95 bits per heavy atom. The van der Waals surface area contributed by atoms with Crippen LogP contribution in [0.1, 0.15) is 47.9 Å². The van der Waals surface area contributed by atoms with Gasteiger partial charge in [-0.2, -0.15) is 49.6 Å². The maximum atomic E-state index is 13.2. The van der Waals surface area contributed by atoms with Crippen LogP contribution in [0.3, 0.4) is 0 Å². The Bertz CT molecular complexity index is 1260. The molecule has 1 aliphatic rings. The molecule has 232 valence electrons. The Morgan fingerprint density at radius 2 is 1.48 bits per heavy atom. The molecule has 3 rings (SSSR count). The van der Waals surface area contributed by atoms with Crippen molar-refractivity contribution in [3.8, 4) is 0 Å². The van der Waals surface area contributed by atoms with E-state index in [4.69, 9.17) is 0 Å². The second-order valence-corrected chi connectivity index (χ2v) is 9.93. The number of nitrogens with one attached hydrogen (secondary N) is 1. The normalized spacial score (nSPS) is 17.9. The van der Waals surface area contributed by atoms with Gasteiger partial charge in [0.05, 0.1) is 23.6 Å². The average molecular weight is 615 g/mol. The number of anilines is 2. The first-order valence-electron chi connectivity index (χ1n) is 12.4. The van der Waals surface area contributed by atoms with Gasteiger partial charge < -0.3 is 15.1 Å². The van der Waals surface area contributed by atoms with E-state index in [1.165, 1.54) is 0 Å². The summed E-state index contributed by atoms with van der Waals surface area (Å²) in [6, 6.07) is -1.02. The first-order valence-corrected chi connectivity index (χ1v) is 12.4. The minimum absolute atomic E-state index is 0.0165. The van der Waals surface area contributed by atoms with E-state index in [1.54, 1.807) is 25.2 Å². The van der Waals surface area contributed by atoms with Gasteiger partial charge in [-0.05, 0) is 56.4 Å². The molecule has 1 N–H and O–H groups in total. The van der Waals surface area contributed by atoms with Crippen LogP contribution in [0.15, 0.2) is 24.4 Å². The van der Waals surface area contributed by atoms with Gasteiger partial charge in [-0.15, -0.1) is 0 Å². The van der Waals surface area contributed by atoms with Gasteiger partial charge in [0.15, 0.2) is 0 Å². The molecule has 1 amide bonds. The Kier molecular flexibility index (Phi) is 9.51. The third kappa shape index (κ3) is 8.38. The molecule has 0 aliphatic heterocycles. The van der Waals surface area contributed by atoms with Gasteiger partial charge in [0, 0.05) is 31.9 Å². The third-order valence-corrected chi connectivity index (χ3v) is 6.39. The number of halogens is 9. The average Bonchev–Trinajstić information content (AvgIpc) is 2.86. The van der Waals surface area contributed by atoms with Gasteiger partial charge in [0.25, 0.3) is 5.91 Å². The van der Waals surface area contributed by atoms with Crippen molar-refractivity contribution in [2.75, 3.05) is 24.3 Å². The van der Waals surface area contributed by atoms with E-state index in [2.05, 4.69) is 20.1 Å². The molecular formula is C25H26F9N5O3. The molecular weight excluding hydrogens is 589 g/mol. The fraction of sp³-hybridized carbons (Fsp3) is 0.520. The van der Waals surface area contributed by atoms with Crippen LogP contribution in [-0.4, -0.2) is 59.3 Å². The van der Waals surface area contributed by atoms with Crippen molar-refractivity contribution in [3.63, 3.8) is 0 Å². The fourth-order valence-corrected chi connectivity index (χ4v) is 4.44.